The van der Waals surface area contributed by atoms with Crippen LogP contribution in [-0.2, 0) is 19.1 Å². The molecule has 2 rings (SSSR count). The molecule has 0 spiro atoms. The lowest BCUT2D eigenvalue weighted by Crippen LogP contribution is -2.32. The predicted octanol–water partition coefficient (Wildman–Crippen LogP) is 0.542. The van der Waals surface area contributed by atoms with E-state index in [2.05, 4.69) is 0 Å². The molecule has 4 unspecified atom stereocenters. The first kappa shape index (κ1) is 9.65. The van der Waals surface area contributed by atoms with Gasteiger partial charge in [-0.1, -0.05) is 0 Å². The van der Waals surface area contributed by atoms with Gasteiger partial charge in [0.05, 0.1) is 18.8 Å². The number of hydrogen-bond donors (Lipinski definition) is 0. The van der Waals surface area contributed by atoms with Gasteiger partial charge in [0, 0.05) is 18.8 Å². The Bertz CT molecular complexity index is 251. The lowest BCUT2D eigenvalue weighted by molar-refractivity contribution is -0.143. The van der Waals surface area contributed by atoms with Crippen molar-refractivity contribution < 1.29 is 19.1 Å². The van der Waals surface area contributed by atoms with Crippen molar-refractivity contribution in [3.63, 3.8) is 0 Å². The first-order valence-electron chi connectivity index (χ1n) is 4.96. The lowest BCUT2D eigenvalue weighted by Gasteiger charge is -2.22. The number of aldehydes is 1. The predicted molar refractivity (Wildman–Crippen MR) is 47.6 cm³/mol. The highest BCUT2D eigenvalue weighted by atomic mass is 16.5. The Kier molecular flexibility index (Phi) is 2.54. The van der Waals surface area contributed by atoms with E-state index in [-0.39, 0.29) is 30.0 Å². The van der Waals surface area contributed by atoms with E-state index in [0.717, 1.165) is 19.1 Å². The van der Waals surface area contributed by atoms with Crippen LogP contribution < -0.4 is 0 Å². The number of carbonyl (C=O) groups excluding carboxylic acids is 2. The summed E-state index contributed by atoms with van der Waals surface area (Å²) in [5, 5.41) is 0. The smallest absolute Gasteiger partial charge is 0.302 e. The second-order valence-electron chi connectivity index (χ2n) is 3.97. The number of esters is 1. The van der Waals surface area contributed by atoms with Crippen LogP contribution in [0.15, 0.2) is 0 Å². The summed E-state index contributed by atoms with van der Waals surface area (Å²) in [6.45, 7) is 1.70. The summed E-state index contributed by atoms with van der Waals surface area (Å²) in [5.74, 6) is -0.291. The molecular weight excluding hydrogens is 184 g/mol. The molecule has 14 heavy (non-hydrogen) atoms. The molecule has 2 aliphatic rings. The quantitative estimate of drug-likeness (QED) is 0.490. The molecule has 0 radical (unpaired) electrons. The van der Waals surface area contributed by atoms with Crippen molar-refractivity contribution in [3.05, 3.63) is 0 Å². The van der Waals surface area contributed by atoms with Crippen molar-refractivity contribution in [1.29, 1.82) is 0 Å². The highest BCUT2D eigenvalue weighted by Gasteiger charge is 2.49. The fourth-order valence-corrected chi connectivity index (χ4v) is 2.43. The highest BCUT2D eigenvalue weighted by Crippen LogP contribution is 2.42. The zero-order valence-electron chi connectivity index (χ0n) is 8.14. The Morgan fingerprint density at radius 2 is 2.21 bits per heavy atom. The van der Waals surface area contributed by atoms with Gasteiger partial charge in [-0.05, 0) is 12.8 Å². The average molecular weight is 198 g/mol. The van der Waals surface area contributed by atoms with Gasteiger partial charge in [0.2, 0.25) is 0 Å². The Balaban J connectivity index is 1.96. The van der Waals surface area contributed by atoms with Crippen LogP contribution in [0.2, 0.25) is 0 Å². The van der Waals surface area contributed by atoms with Crippen molar-refractivity contribution in [1.82, 2.24) is 0 Å². The molecule has 0 amide bonds. The maximum atomic E-state index is 10.8. The van der Waals surface area contributed by atoms with Gasteiger partial charge in [0.15, 0.2) is 0 Å². The maximum absolute atomic E-state index is 10.8. The van der Waals surface area contributed by atoms with Gasteiger partial charge >= 0.3 is 5.97 Å². The number of hydrogen-bond acceptors (Lipinski definition) is 4. The summed E-state index contributed by atoms with van der Waals surface area (Å²) in [6, 6.07) is 0. The third kappa shape index (κ3) is 1.54. The van der Waals surface area contributed by atoms with Crippen LogP contribution in [0.5, 0.6) is 0 Å². The van der Waals surface area contributed by atoms with Gasteiger partial charge in [0.25, 0.3) is 0 Å². The topological polar surface area (TPSA) is 52.6 Å². The zero-order valence-corrected chi connectivity index (χ0v) is 8.14. The van der Waals surface area contributed by atoms with Crippen molar-refractivity contribution >= 4 is 12.3 Å². The summed E-state index contributed by atoms with van der Waals surface area (Å²) in [4.78, 5) is 21.5. The van der Waals surface area contributed by atoms with Crippen LogP contribution in [0.1, 0.15) is 19.8 Å². The number of rotatable bonds is 3. The van der Waals surface area contributed by atoms with Gasteiger partial charge in [-0.3, -0.25) is 4.79 Å². The van der Waals surface area contributed by atoms with E-state index < -0.39 is 0 Å². The van der Waals surface area contributed by atoms with Gasteiger partial charge in [-0.2, -0.15) is 0 Å². The SMILES string of the molecule is CC(=O)OCC1C2CCC(O2)C1C=O. The van der Waals surface area contributed by atoms with Crippen LogP contribution in [0.4, 0.5) is 0 Å². The minimum absolute atomic E-state index is 0.0676. The Morgan fingerprint density at radius 3 is 2.86 bits per heavy atom. The monoisotopic (exact) mass is 198 g/mol. The molecule has 0 aromatic heterocycles. The van der Waals surface area contributed by atoms with Crippen LogP contribution in [0, 0.1) is 11.8 Å². The zero-order chi connectivity index (χ0) is 10.1. The Hall–Kier alpha value is -0.900. The van der Waals surface area contributed by atoms with Crippen molar-refractivity contribution in [2.75, 3.05) is 6.61 Å². The van der Waals surface area contributed by atoms with E-state index in [0.29, 0.717) is 6.61 Å². The molecule has 78 valence electrons. The molecule has 4 atom stereocenters. The summed E-state index contributed by atoms with van der Waals surface area (Å²) >= 11 is 0. The van der Waals surface area contributed by atoms with E-state index in [9.17, 15) is 9.59 Å². The summed E-state index contributed by atoms with van der Waals surface area (Å²) in [7, 11) is 0. The second-order valence-corrected chi connectivity index (χ2v) is 3.97. The fraction of sp³-hybridized carbons (Fsp3) is 0.800. The van der Waals surface area contributed by atoms with Crippen LogP contribution in [-0.4, -0.2) is 31.1 Å². The molecular formula is C10H14O4. The molecule has 2 heterocycles. The molecule has 0 aromatic rings. The molecule has 2 aliphatic heterocycles. The van der Waals surface area contributed by atoms with Crippen molar-refractivity contribution in [2.45, 2.75) is 32.0 Å². The third-order valence-corrected chi connectivity index (χ3v) is 3.12. The van der Waals surface area contributed by atoms with Gasteiger partial charge in [-0.25, -0.2) is 0 Å². The normalized spacial score (nSPS) is 39.8. The Morgan fingerprint density at radius 1 is 1.50 bits per heavy atom. The van der Waals surface area contributed by atoms with Gasteiger partial charge in [-0.15, -0.1) is 0 Å². The van der Waals surface area contributed by atoms with Crippen LogP contribution in [0.25, 0.3) is 0 Å². The molecule has 0 aromatic carbocycles. The van der Waals surface area contributed by atoms with Crippen molar-refractivity contribution in [2.24, 2.45) is 11.8 Å². The molecule has 0 aliphatic carbocycles. The molecule has 0 N–H and O–H groups in total. The van der Waals surface area contributed by atoms with Crippen LogP contribution in [0.3, 0.4) is 0 Å². The minimum Gasteiger partial charge on any atom is -0.465 e. The fourth-order valence-electron chi connectivity index (χ4n) is 2.43. The van der Waals surface area contributed by atoms with E-state index in [1.807, 2.05) is 0 Å². The largest absolute Gasteiger partial charge is 0.465 e. The molecule has 2 saturated heterocycles. The number of carbonyl (C=O) groups is 2. The molecule has 4 nitrogen and oxygen atoms in total. The van der Waals surface area contributed by atoms with Crippen LogP contribution >= 0.6 is 0 Å². The van der Waals surface area contributed by atoms with Gasteiger partial charge in [0.1, 0.15) is 6.29 Å². The van der Waals surface area contributed by atoms with E-state index in [4.69, 9.17) is 9.47 Å². The lowest BCUT2D eigenvalue weighted by atomic mass is 9.81. The molecule has 2 fully saturated rings. The van der Waals surface area contributed by atoms with E-state index in [1.54, 1.807) is 0 Å². The molecule has 0 saturated carbocycles. The number of fused-ring (bicyclic) bond motifs is 2. The van der Waals surface area contributed by atoms with Crippen molar-refractivity contribution in [3.8, 4) is 0 Å². The number of ether oxygens (including phenoxy) is 2. The average Bonchev–Trinajstić information content (AvgIpc) is 2.72. The summed E-state index contributed by atoms with van der Waals surface area (Å²) in [5.41, 5.74) is 0. The van der Waals surface area contributed by atoms with E-state index in [1.165, 1.54) is 6.92 Å². The molecule has 4 heteroatoms. The standard InChI is InChI=1S/C10H14O4/c1-6(12)13-5-8-7(4-11)9-2-3-10(8)14-9/h4,7-10H,2-3,5H2,1H3. The van der Waals surface area contributed by atoms with Gasteiger partial charge < -0.3 is 14.3 Å². The summed E-state index contributed by atoms with van der Waals surface area (Å²) in [6.07, 6.45) is 3.08. The summed E-state index contributed by atoms with van der Waals surface area (Å²) < 4.78 is 10.5. The van der Waals surface area contributed by atoms with E-state index >= 15 is 0 Å². The maximum Gasteiger partial charge on any atom is 0.302 e. The highest BCUT2D eigenvalue weighted by molar-refractivity contribution is 5.66. The third-order valence-electron chi connectivity index (χ3n) is 3.12. The Labute approximate surface area is 82.6 Å². The first-order chi connectivity index (χ1) is 6.72. The first-order valence-corrected chi connectivity index (χ1v) is 4.96. The molecule has 2 bridgehead atoms. The minimum atomic E-state index is -0.294. The second kappa shape index (κ2) is 3.69.